The standard InChI is InChI=1S/C16H10O11.C12H10/c17-13(18)7-3-1-5-9(11(7)15(21)22)25-27-26-10-6-2-4-8(14(19)20)12(10)16(23)24;1-3-7-11(8-4-1)12-9-5-2-6-10-12/h1-6H,(H,17,18)(H,19,20)(H,21,22)(H,23,24);1-10H. The normalized spacial score (nSPS) is 9.95. The van der Waals surface area contributed by atoms with Gasteiger partial charge in [-0.25, -0.2) is 19.2 Å². The van der Waals surface area contributed by atoms with Crippen molar-refractivity contribution in [2.24, 2.45) is 0 Å². The van der Waals surface area contributed by atoms with Crippen LogP contribution >= 0.6 is 0 Å². The largest absolute Gasteiger partial charge is 0.478 e. The van der Waals surface area contributed by atoms with Crippen LogP contribution in [0.1, 0.15) is 41.4 Å². The van der Waals surface area contributed by atoms with Gasteiger partial charge in [-0.2, -0.15) is 0 Å². The fraction of sp³-hybridized carbons (Fsp3) is 0. The monoisotopic (exact) mass is 532 g/mol. The molecule has 0 atom stereocenters. The van der Waals surface area contributed by atoms with Gasteiger partial charge in [0, 0.05) is 5.04 Å². The van der Waals surface area contributed by atoms with Crippen LogP contribution in [0.3, 0.4) is 0 Å². The molecule has 11 nitrogen and oxygen atoms in total. The van der Waals surface area contributed by atoms with E-state index in [4.69, 9.17) is 20.4 Å². The zero-order chi connectivity index (χ0) is 28.4. The van der Waals surface area contributed by atoms with E-state index in [0.717, 1.165) is 24.3 Å². The lowest BCUT2D eigenvalue weighted by molar-refractivity contribution is -0.411. The van der Waals surface area contributed by atoms with E-state index in [2.05, 4.69) is 63.3 Å². The Morgan fingerprint density at radius 3 is 1.10 bits per heavy atom. The summed E-state index contributed by atoms with van der Waals surface area (Å²) in [6.07, 6.45) is 0. The molecule has 4 aromatic rings. The number of carboxylic acid groups (broad SMARTS) is 4. The maximum Gasteiger partial charge on any atom is 0.340 e. The van der Waals surface area contributed by atoms with Crippen LogP contribution in [0, 0.1) is 0 Å². The molecule has 198 valence electrons. The molecule has 0 saturated carbocycles. The van der Waals surface area contributed by atoms with E-state index >= 15 is 0 Å². The van der Waals surface area contributed by atoms with Gasteiger partial charge in [0.25, 0.3) is 0 Å². The van der Waals surface area contributed by atoms with Crippen molar-refractivity contribution in [3.63, 3.8) is 0 Å². The summed E-state index contributed by atoms with van der Waals surface area (Å²) in [6.45, 7) is 0. The van der Waals surface area contributed by atoms with Crippen LogP contribution in [0.2, 0.25) is 0 Å². The summed E-state index contributed by atoms with van der Waals surface area (Å²) in [5.41, 5.74) is -0.0701. The van der Waals surface area contributed by atoms with Crippen LogP contribution in [-0.2, 0) is 5.04 Å². The molecule has 0 radical (unpaired) electrons. The van der Waals surface area contributed by atoms with Crippen molar-refractivity contribution < 1.29 is 54.4 Å². The summed E-state index contributed by atoms with van der Waals surface area (Å²) in [4.78, 5) is 53.9. The third kappa shape index (κ3) is 7.18. The molecule has 4 rings (SSSR count). The highest BCUT2D eigenvalue weighted by molar-refractivity contribution is 6.04. The number of rotatable bonds is 9. The molecule has 0 spiro atoms. The lowest BCUT2D eigenvalue weighted by Crippen LogP contribution is -2.14. The Balaban J connectivity index is 0.000000289. The van der Waals surface area contributed by atoms with Crippen molar-refractivity contribution >= 4 is 23.9 Å². The fourth-order valence-corrected chi connectivity index (χ4v) is 3.35. The van der Waals surface area contributed by atoms with Crippen LogP contribution in [0.15, 0.2) is 97.1 Å². The Morgan fingerprint density at radius 2 is 0.795 bits per heavy atom. The minimum Gasteiger partial charge on any atom is -0.478 e. The number of carbonyl (C=O) groups is 4. The van der Waals surface area contributed by atoms with Gasteiger partial charge in [-0.05, 0) is 35.4 Å². The Labute approximate surface area is 220 Å². The van der Waals surface area contributed by atoms with Gasteiger partial charge in [-0.15, -0.1) is 0 Å². The molecule has 0 aromatic heterocycles. The van der Waals surface area contributed by atoms with Crippen molar-refractivity contribution in [2.45, 2.75) is 0 Å². The van der Waals surface area contributed by atoms with Gasteiger partial charge in [0.2, 0.25) is 0 Å². The maximum absolute atomic E-state index is 11.3. The zero-order valence-electron chi connectivity index (χ0n) is 19.9. The topological polar surface area (TPSA) is 177 Å². The quantitative estimate of drug-likeness (QED) is 0.166. The first-order chi connectivity index (χ1) is 18.7. The Morgan fingerprint density at radius 1 is 0.436 bits per heavy atom. The molecule has 0 aliphatic carbocycles. The van der Waals surface area contributed by atoms with Gasteiger partial charge in [0.15, 0.2) is 11.5 Å². The first-order valence-corrected chi connectivity index (χ1v) is 11.0. The first-order valence-electron chi connectivity index (χ1n) is 11.0. The molecule has 0 unspecified atom stereocenters. The molecule has 39 heavy (non-hydrogen) atoms. The smallest absolute Gasteiger partial charge is 0.340 e. The Bertz CT molecular complexity index is 1370. The van der Waals surface area contributed by atoms with Gasteiger partial charge < -0.3 is 20.4 Å². The first kappa shape index (κ1) is 27.9. The summed E-state index contributed by atoms with van der Waals surface area (Å²) < 4.78 is 0. The van der Waals surface area contributed by atoms with E-state index in [1.807, 2.05) is 12.1 Å². The summed E-state index contributed by atoms with van der Waals surface area (Å²) >= 11 is 0. The third-order valence-electron chi connectivity index (χ3n) is 5.07. The van der Waals surface area contributed by atoms with Gasteiger partial charge in [-0.3, -0.25) is 9.78 Å². The highest BCUT2D eigenvalue weighted by Crippen LogP contribution is 2.26. The van der Waals surface area contributed by atoms with E-state index in [9.17, 15) is 19.2 Å². The Hall–Kier alpha value is -5.68. The van der Waals surface area contributed by atoms with Crippen LogP contribution in [0.4, 0.5) is 0 Å². The lowest BCUT2D eigenvalue weighted by atomic mass is 10.1. The fourth-order valence-electron chi connectivity index (χ4n) is 3.35. The number of aromatic carboxylic acids is 4. The van der Waals surface area contributed by atoms with Crippen molar-refractivity contribution in [1.29, 1.82) is 0 Å². The van der Waals surface area contributed by atoms with Crippen LogP contribution in [0.25, 0.3) is 11.1 Å². The van der Waals surface area contributed by atoms with Crippen LogP contribution in [-0.4, -0.2) is 44.3 Å². The van der Waals surface area contributed by atoms with E-state index in [-0.39, 0.29) is 0 Å². The van der Waals surface area contributed by atoms with E-state index in [0.29, 0.717) is 0 Å². The predicted molar refractivity (Wildman–Crippen MR) is 135 cm³/mol. The molecule has 0 amide bonds. The van der Waals surface area contributed by atoms with E-state index in [1.54, 1.807) is 0 Å². The van der Waals surface area contributed by atoms with Crippen LogP contribution in [0.5, 0.6) is 11.5 Å². The third-order valence-corrected chi connectivity index (χ3v) is 5.07. The van der Waals surface area contributed by atoms with E-state index in [1.165, 1.54) is 23.3 Å². The minimum atomic E-state index is -1.62. The van der Waals surface area contributed by atoms with Crippen molar-refractivity contribution in [2.75, 3.05) is 0 Å². The second-order valence-electron chi connectivity index (χ2n) is 7.54. The molecule has 4 N–H and O–H groups in total. The lowest BCUT2D eigenvalue weighted by Gasteiger charge is -2.10. The molecular weight excluding hydrogens is 512 g/mol. The average molecular weight is 532 g/mol. The van der Waals surface area contributed by atoms with E-state index < -0.39 is 57.6 Å². The van der Waals surface area contributed by atoms with Crippen molar-refractivity contribution in [3.05, 3.63) is 119 Å². The number of hydrogen-bond acceptors (Lipinski definition) is 7. The number of benzene rings is 4. The zero-order valence-corrected chi connectivity index (χ0v) is 19.9. The predicted octanol–water partition coefficient (Wildman–Crippen LogP) is 5.14. The summed E-state index contributed by atoms with van der Waals surface area (Å²) in [6, 6.07) is 27.3. The SMILES string of the molecule is O=C(O)c1cccc(OOOc2cccc(C(=O)O)c2C(=O)O)c1C(=O)O.c1ccc(-c2ccccc2)cc1. The number of hydrogen-bond donors (Lipinski definition) is 4. The molecule has 0 bridgehead atoms. The highest BCUT2D eigenvalue weighted by atomic mass is 17.5. The molecule has 11 heteroatoms. The molecular formula is C28H20O11. The number of carboxylic acids is 4. The van der Waals surface area contributed by atoms with Gasteiger partial charge in [-0.1, -0.05) is 72.8 Å². The molecule has 0 saturated heterocycles. The van der Waals surface area contributed by atoms with Crippen molar-refractivity contribution in [1.82, 2.24) is 0 Å². The van der Waals surface area contributed by atoms with Gasteiger partial charge >= 0.3 is 23.9 Å². The molecule has 4 aromatic carbocycles. The summed E-state index contributed by atoms with van der Waals surface area (Å²) in [7, 11) is 0. The van der Waals surface area contributed by atoms with Gasteiger partial charge in [0.05, 0.1) is 11.1 Å². The van der Waals surface area contributed by atoms with Gasteiger partial charge in [0.1, 0.15) is 11.1 Å². The summed E-state index contributed by atoms with van der Waals surface area (Å²) in [5.74, 6) is -7.36. The minimum absolute atomic E-state index is 0.534. The second kappa shape index (κ2) is 13.0. The highest BCUT2D eigenvalue weighted by Gasteiger charge is 2.24. The second-order valence-corrected chi connectivity index (χ2v) is 7.54. The molecule has 0 aliphatic rings. The average Bonchev–Trinajstić information content (AvgIpc) is 2.93. The molecule has 0 heterocycles. The molecule has 0 aliphatic heterocycles. The maximum atomic E-state index is 11.3. The van der Waals surface area contributed by atoms with Crippen LogP contribution < -0.4 is 9.78 Å². The Kier molecular flexibility index (Phi) is 9.32. The summed E-state index contributed by atoms with van der Waals surface area (Å²) in [5, 5.41) is 40.7. The van der Waals surface area contributed by atoms with Crippen molar-refractivity contribution in [3.8, 4) is 22.6 Å². The molecule has 0 fully saturated rings.